The SMILES string of the molecule is CCN(CC)S(=O)(=O)c1cccc(C(=O)Nc2cnc3c(c2)c(=O)n(C)c(=O)n3C)c1. The van der Waals surface area contributed by atoms with E-state index in [-0.39, 0.29) is 27.2 Å². The fraction of sp³-hybridized carbons (Fsp3) is 0.300. The number of pyridine rings is 1. The zero-order chi connectivity index (χ0) is 22.9. The van der Waals surface area contributed by atoms with Crippen LogP contribution in [0.3, 0.4) is 0 Å². The number of anilines is 1. The molecule has 164 valence electrons. The third kappa shape index (κ3) is 4.01. The zero-order valence-electron chi connectivity index (χ0n) is 17.6. The van der Waals surface area contributed by atoms with Gasteiger partial charge in [0, 0.05) is 32.7 Å². The zero-order valence-corrected chi connectivity index (χ0v) is 18.4. The Balaban J connectivity index is 1.96. The molecule has 0 radical (unpaired) electrons. The fourth-order valence-electron chi connectivity index (χ4n) is 3.25. The van der Waals surface area contributed by atoms with Crippen LogP contribution in [0.25, 0.3) is 11.0 Å². The molecule has 0 saturated heterocycles. The molecule has 0 aliphatic heterocycles. The first kappa shape index (κ1) is 22.4. The van der Waals surface area contributed by atoms with E-state index >= 15 is 0 Å². The van der Waals surface area contributed by atoms with Crippen LogP contribution in [0.15, 0.2) is 51.0 Å². The average Bonchev–Trinajstić information content (AvgIpc) is 2.77. The van der Waals surface area contributed by atoms with Gasteiger partial charge in [-0.15, -0.1) is 0 Å². The molecule has 0 bridgehead atoms. The standard InChI is InChI=1S/C20H23N5O5S/c1-5-25(6-2)31(29,30)15-9-7-8-13(10-15)18(26)22-14-11-16-17(21-12-14)23(3)20(28)24(4)19(16)27/h7-12H,5-6H2,1-4H3,(H,22,26). The van der Waals surface area contributed by atoms with Crippen molar-refractivity contribution in [2.45, 2.75) is 18.7 Å². The molecule has 3 aromatic rings. The van der Waals surface area contributed by atoms with Gasteiger partial charge < -0.3 is 5.32 Å². The summed E-state index contributed by atoms with van der Waals surface area (Å²) in [5, 5.41) is 2.79. The summed E-state index contributed by atoms with van der Waals surface area (Å²) in [6.07, 6.45) is 1.33. The van der Waals surface area contributed by atoms with Gasteiger partial charge in [-0.25, -0.2) is 18.2 Å². The van der Waals surface area contributed by atoms with E-state index in [1.165, 1.54) is 59.5 Å². The first-order valence-electron chi connectivity index (χ1n) is 9.59. The lowest BCUT2D eigenvalue weighted by Gasteiger charge is -2.18. The van der Waals surface area contributed by atoms with E-state index in [9.17, 15) is 22.8 Å². The van der Waals surface area contributed by atoms with Crippen LogP contribution in [0.5, 0.6) is 0 Å². The maximum Gasteiger partial charge on any atom is 0.332 e. The number of carbonyl (C=O) groups is 1. The van der Waals surface area contributed by atoms with Crippen LogP contribution in [0, 0.1) is 0 Å². The average molecular weight is 446 g/mol. The van der Waals surface area contributed by atoms with Crippen molar-refractivity contribution < 1.29 is 13.2 Å². The molecule has 2 aromatic heterocycles. The molecule has 3 rings (SSSR count). The van der Waals surface area contributed by atoms with Crippen LogP contribution in [-0.4, -0.2) is 45.8 Å². The van der Waals surface area contributed by atoms with E-state index in [2.05, 4.69) is 10.3 Å². The third-order valence-electron chi connectivity index (χ3n) is 4.99. The Bertz CT molecular complexity index is 1390. The van der Waals surface area contributed by atoms with Crippen LogP contribution in [0.1, 0.15) is 24.2 Å². The smallest absolute Gasteiger partial charge is 0.321 e. The van der Waals surface area contributed by atoms with E-state index < -0.39 is 27.2 Å². The van der Waals surface area contributed by atoms with Gasteiger partial charge in [-0.05, 0) is 24.3 Å². The van der Waals surface area contributed by atoms with Gasteiger partial charge in [0.15, 0.2) is 0 Å². The van der Waals surface area contributed by atoms with Crippen molar-refractivity contribution in [3.05, 3.63) is 62.9 Å². The van der Waals surface area contributed by atoms with Gasteiger partial charge in [0.05, 0.1) is 22.2 Å². The van der Waals surface area contributed by atoms with Crippen molar-refractivity contribution in [3.8, 4) is 0 Å². The molecular formula is C20H23N5O5S. The van der Waals surface area contributed by atoms with Crippen molar-refractivity contribution >= 4 is 32.7 Å². The molecule has 1 N–H and O–H groups in total. The molecule has 2 heterocycles. The Hall–Kier alpha value is -3.31. The Kier molecular flexibility index (Phi) is 6.09. The fourth-order valence-corrected chi connectivity index (χ4v) is 4.75. The summed E-state index contributed by atoms with van der Waals surface area (Å²) in [4.78, 5) is 41.3. The Labute approximate surface area is 178 Å². The highest BCUT2D eigenvalue weighted by Gasteiger charge is 2.22. The summed E-state index contributed by atoms with van der Waals surface area (Å²) < 4.78 is 28.9. The molecule has 10 nitrogen and oxygen atoms in total. The highest BCUT2D eigenvalue weighted by molar-refractivity contribution is 7.89. The summed E-state index contributed by atoms with van der Waals surface area (Å²) in [5.41, 5.74) is -0.465. The van der Waals surface area contributed by atoms with Crippen molar-refractivity contribution in [2.24, 2.45) is 14.1 Å². The Morgan fingerprint density at radius 3 is 2.42 bits per heavy atom. The summed E-state index contributed by atoms with van der Waals surface area (Å²) >= 11 is 0. The quantitative estimate of drug-likeness (QED) is 0.602. The van der Waals surface area contributed by atoms with Crippen LogP contribution < -0.4 is 16.6 Å². The molecule has 1 amide bonds. The highest BCUT2D eigenvalue weighted by atomic mass is 32.2. The van der Waals surface area contributed by atoms with Crippen molar-refractivity contribution in [1.29, 1.82) is 0 Å². The van der Waals surface area contributed by atoms with Crippen LogP contribution >= 0.6 is 0 Å². The lowest BCUT2D eigenvalue weighted by Crippen LogP contribution is -2.37. The van der Waals surface area contributed by atoms with Crippen LogP contribution in [0.4, 0.5) is 5.69 Å². The van der Waals surface area contributed by atoms with Gasteiger partial charge in [-0.2, -0.15) is 4.31 Å². The van der Waals surface area contributed by atoms with Gasteiger partial charge in [-0.3, -0.25) is 18.7 Å². The molecule has 11 heteroatoms. The number of aryl methyl sites for hydroxylation is 1. The molecule has 0 atom stereocenters. The van der Waals surface area contributed by atoms with Gasteiger partial charge in [0.1, 0.15) is 5.65 Å². The predicted molar refractivity (Wildman–Crippen MR) is 117 cm³/mol. The van der Waals surface area contributed by atoms with E-state index in [4.69, 9.17) is 0 Å². The summed E-state index contributed by atoms with van der Waals surface area (Å²) in [6.45, 7) is 4.11. The number of rotatable bonds is 6. The van der Waals surface area contributed by atoms with Crippen molar-refractivity contribution in [3.63, 3.8) is 0 Å². The molecule has 1 aromatic carbocycles. The molecule has 0 fully saturated rings. The van der Waals surface area contributed by atoms with Gasteiger partial charge in [-0.1, -0.05) is 19.9 Å². The number of hydrogen-bond acceptors (Lipinski definition) is 6. The van der Waals surface area contributed by atoms with Crippen molar-refractivity contribution in [1.82, 2.24) is 18.4 Å². The first-order chi connectivity index (χ1) is 14.6. The lowest BCUT2D eigenvalue weighted by molar-refractivity contribution is 0.102. The highest BCUT2D eigenvalue weighted by Crippen LogP contribution is 2.18. The molecule has 31 heavy (non-hydrogen) atoms. The normalized spacial score (nSPS) is 11.8. The Morgan fingerprint density at radius 2 is 1.77 bits per heavy atom. The summed E-state index contributed by atoms with van der Waals surface area (Å²) in [7, 11) is -0.858. The van der Waals surface area contributed by atoms with E-state index in [1.54, 1.807) is 13.8 Å². The minimum absolute atomic E-state index is 0.0179. The van der Waals surface area contributed by atoms with Crippen molar-refractivity contribution in [2.75, 3.05) is 18.4 Å². The third-order valence-corrected chi connectivity index (χ3v) is 7.04. The van der Waals surface area contributed by atoms with Crippen LogP contribution in [-0.2, 0) is 24.1 Å². The number of sulfonamides is 1. The predicted octanol–water partition coefficient (Wildman–Crippen LogP) is 0.915. The first-order valence-corrected chi connectivity index (χ1v) is 11.0. The topological polar surface area (TPSA) is 123 Å². The number of benzene rings is 1. The lowest BCUT2D eigenvalue weighted by atomic mass is 10.2. The van der Waals surface area contributed by atoms with Gasteiger partial charge >= 0.3 is 5.69 Å². The number of nitrogens with one attached hydrogen (secondary N) is 1. The second-order valence-corrected chi connectivity index (χ2v) is 8.81. The minimum atomic E-state index is -3.71. The number of nitrogens with zero attached hydrogens (tertiary/aromatic N) is 4. The molecule has 0 aliphatic carbocycles. The largest absolute Gasteiger partial charge is 0.332 e. The maximum atomic E-state index is 12.7. The van der Waals surface area contributed by atoms with Gasteiger partial charge in [0.2, 0.25) is 10.0 Å². The molecule has 0 spiro atoms. The molecule has 0 aliphatic rings. The summed E-state index contributed by atoms with van der Waals surface area (Å²) in [5.74, 6) is -0.556. The second kappa shape index (κ2) is 8.44. The maximum absolute atomic E-state index is 12.7. The summed E-state index contributed by atoms with van der Waals surface area (Å²) in [6, 6.07) is 7.16. The van der Waals surface area contributed by atoms with E-state index in [0.29, 0.717) is 13.1 Å². The number of amides is 1. The number of hydrogen-bond donors (Lipinski definition) is 1. The van der Waals surface area contributed by atoms with Gasteiger partial charge in [0.25, 0.3) is 11.5 Å². The molecule has 0 unspecified atom stereocenters. The molecular weight excluding hydrogens is 422 g/mol. The monoisotopic (exact) mass is 445 g/mol. The van der Waals surface area contributed by atoms with Crippen LogP contribution in [0.2, 0.25) is 0 Å². The van der Waals surface area contributed by atoms with E-state index in [0.717, 1.165) is 4.57 Å². The molecule has 0 saturated carbocycles. The minimum Gasteiger partial charge on any atom is -0.321 e. The second-order valence-electron chi connectivity index (χ2n) is 6.87. The number of fused-ring (bicyclic) bond motifs is 1. The Morgan fingerprint density at radius 1 is 1.10 bits per heavy atom. The number of carbonyl (C=O) groups excluding carboxylic acids is 1. The van der Waals surface area contributed by atoms with E-state index in [1.807, 2.05) is 0 Å². The number of aromatic nitrogens is 3.